The number of amides is 1. The highest BCUT2D eigenvalue weighted by Gasteiger charge is 2.22. The number of benzene rings is 1. The molecule has 1 aliphatic heterocycles. The third kappa shape index (κ3) is 5.31. The number of thiophene rings is 1. The first kappa shape index (κ1) is 22.8. The van der Waals surface area contributed by atoms with Crippen LogP contribution in [-0.4, -0.2) is 49.6 Å². The van der Waals surface area contributed by atoms with Crippen molar-refractivity contribution in [3.8, 4) is 22.1 Å². The predicted molar refractivity (Wildman–Crippen MR) is 130 cm³/mol. The molecule has 0 aliphatic carbocycles. The van der Waals surface area contributed by atoms with E-state index in [1.165, 1.54) is 16.2 Å². The van der Waals surface area contributed by atoms with Gasteiger partial charge in [0, 0.05) is 23.5 Å². The molecule has 3 aromatic rings. The molecule has 0 atom stereocenters. The number of carbonyl (C=O) groups is 1. The third-order valence-corrected chi connectivity index (χ3v) is 7.92. The normalized spacial score (nSPS) is 15.0. The fraction of sp³-hybridized carbons (Fsp3) is 0.417. The van der Waals surface area contributed by atoms with Gasteiger partial charge in [-0.05, 0) is 68.4 Å². The van der Waals surface area contributed by atoms with E-state index in [9.17, 15) is 4.79 Å². The third-order valence-electron chi connectivity index (χ3n) is 5.85. The molecule has 2 aromatic heterocycles. The Bertz CT molecular complexity index is 1040. The molecule has 0 spiro atoms. The van der Waals surface area contributed by atoms with Gasteiger partial charge in [-0.15, -0.1) is 22.7 Å². The summed E-state index contributed by atoms with van der Waals surface area (Å²) in [5.41, 5.74) is 1.66. The number of likely N-dealkylation sites (tertiary alicyclic amines) is 1. The lowest BCUT2D eigenvalue weighted by Gasteiger charge is -2.31. The van der Waals surface area contributed by atoms with Gasteiger partial charge in [-0.1, -0.05) is 6.07 Å². The molecule has 6 nitrogen and oxygen atoms in total. The molecule has 1 aliphatic rings. The summed E-state index contributed by atoms with van der Waals surface area (Å²) in [5, 5.41) is 6.08. The van der Waals surface area contributed by atoms with Crippen LogP contribution in [0.2, 0.25) is 0 Å². The summed E-state index contributed by atoms with van der Waals surface area (Å²) in [4.78, 5) is 22.1. The molecule has 0 radical (unpaired) electrons. The van der Waals surface area contributed by atoms with Crippen LogP contribution >= 0.6 is 22.7 Å². The number of piperidine rings is 1. The van der Waals surface area contributed by atoms with Gasteiger partial charge in [0.05, 0.1) is 19.9 Å². The molecule has 0 unspecified atom stereocenters. The number of methoxy groups -OCH3 is 2. The van der Waals surface area contributed by atoms with E-state index < -0.39 is 0 Å². The highest BCUT2D eigenvalue weighted by molar-refractivity contribution is 7.17. The minimum absolute atomic E-state index is 0.0345. The number of aromatic nitrogens is 1. The molecule has 8 heteroatoms. The topological polar surface area (TPSA) is 63.7 Å². The van der Waals surface area contributed by atoms with Crippen molar-refractivity contribution in [2.75, 3.05) is 33.9 Å². The van der Waals surface area contributed by atoms with E-state index >= 15 is 0 Å². The molecule has 0 saturated carbocycles. The van der Waals surface area contributed by atoms with Crippen molar-refractivity contribution in [3.05, 3.63) is 51.2 Å². The SMILES string of the molecule is COc1ccc(-c2nc(C)c(C(=O)NCC3CCN(Cc4cccs4)CC3)s2)cc1OC. The summed E-state index contributed by atoms with van der Waals surface area (Å²) >= 11 is 3.23. The van der Waals surface area contributed by atoms with Crippen molar-refractivity contribution in [1.29, 1.82) is 0 Å². The van der Waals surface area contributed by atoms with Gasteiger partial charge in [-0.25, -0.2) is 4.98 Å². The van der Waals surface area contributed by atoms with E-state index in [1.54, 1.807) is 14.2 Å². The second kappa shape index (κ2) is 10.5. The van der Waals surface area contributed by atoms with Crippen LogP contribution in [0.4, 0.5) is 0 Å². The number of thiazole rings is 1. The van der Waals surface area contributed by atoms with Crippen LogP contribution in [0.3, 0.4) is 0 Å². The van der Waals surface area contributed by atoms with Crippen molar-refractivity contribution in [2.45, 2.75) is 26.3 Å². The summed E-state index contributed by atoms with van der Waals surface area (Å²) in [5.74, 6) is 1.81. The van der Waals surface area contributed by atoms with E-state index in [0.717, 1.165) is 48.7 Å². The fourth-order valence-corrected chi connectivity index (χ4v) is 5.71. The molecular formula is C24H29N3O3S2. The van der Waals surface area contributed by atoms with Gasteiger partial charge in [0.1, 0.15) is 9.88 Å². The van der Waals surface area contributed by atoms with Gasteiger partial charge in [0.15, 0.2) is 11.5 Å². The lowest BCUT2D eigenvalue weighted by molar-refractivity contribution is 0.0938. The summed E-state index contributed by atoms with van der Waals surface area (Å²) in [6, 6.07) is 9.99. The van der Waals surface area contributed by atoms with Gasteiger partial charge in [-0.2, -0.15) is 0 Å². The standard InChI is InChI=1S/C24H29N3O3S2/c1-16-22(32-24(26-16)18-6-7-20(29-2)21(13-18)30-3)23(28)25-14-17-8-10-27(11-9-17)15-19-5-4-12-31-19/h4-7,12-13,17H,8-11,14-15H2,1-3H3,(H,25,28). The molecule has 1 fully saturated rings. The van der Waals surface area contributed by atoms with Gasteiger partial charge in [-0.3, -0.25) is 9.69 Å². The summed E-state index contributed by atoms with van der Waals surface area (Å²) in [7, 11) is 3.22. The fourth-order valence-electron chi connectivity index (χ4n) is 3.99. The smallest absolute Gasteiger partial charge is 0.263 e. The maximum atomic E-state index is 12.9. The van der Waals surface area contributed by atoms with Gasteiger partial charge < -0.3 is 14.8 Å². The highest BCUT2D eigenvalue weighted by atomic mass is 32.1. The lowest BCUT2D eigenvalue weighted by Crippen LogP contribution is -2.38. The number of ether oxygens (including phenoxy) is 2. The first-order chi connectivity index (χ1) is 15.6. The highest BCUT2D eigenvalue weighted by Crippen LogP contribution is 2.35. The average Bonchev–Trinajstić information content (AvgIpc) is 3.47. The second-order valence-electron chi connectivity index (χ2n) is 8.01. The average molecular weight is 472 g/mol. The second-order valence-corrected chi connectivity index (χ2v) is 10.0. The van der Waals surface area contributed by atoms with E-state index in [4.69, 9.17) is 9.47 Å². The van der Waals surface area contributed by atoms with Crippen LogP contribution < -0.4 is 14.8 Å². The number of hydrogen-bond donors (Lipinski definition) is 1. The van der Waals surface area contributed by atoms with Crippen LogP contribution in [0.1, 0.15) is 33.1 Å². The molecule has 1 N–H and O–H groups in total. The zero-order valence-corrected chi connectivity index (χ0v) is 20.4. The predicted octanol–water partition coefficient (Wildman–Crippen LogP) is 4.84. The first-order valence-electron chi connectivity index (χ1n) is 10.8. The van der Waals surface area contributed by atoms with Crippen molar-refractivity contribution >= 4 is 28.6 Å². The van der Waals surface area contributed by atoms with Crippen molar-refractivity contribution < 1.29 is 14.3 Å². The zero-order valence-electron chi connectivity index (χ0n) is 18.7. The van der Waals surface area contributed by atoms with Crippen molar-refractivity contribution in [3.63, 3.8) is 0 Å². The van der Waals surface area contributed by atoms with E-state index in [2.05, 4.69) is 32.7 Å². The molecule has 4 rings (SSSR count). The van der Waals surface area contributed by atoms with E-state index in [0.29, 0.717) is 28.8 Å². The summed E-state index contributed by atoms with van der Waals surface area (Å²) in [6.07, 6.45) is 2.23. The molecule has 0 bridgehead atoms. The lowest BCUT2D eigenvalue weighted by atomic mass is 9.96. The molecule has 1 aromatic carbocycles. The Hall–Kier alpha value is -2.42. The maximum Gasteiger partial charge on any atom is 0.263 e. The Kier molecular flexibility index (Phi) is 7.44. The number of aryl methyl sites for hydroxylation is 1. The monoisotopic (exact) mass is 471 g/mol. The van der Waals surface area contributed by atoms with Crippen LogP contribution in [0.15, 0.2) is 35.7 Å². The van der Waals surface area contributed by atoms with Crippen LogP contribution in [0.5, 0.6) is 11.5 Å². The Morgan fingerprint density at radius 1 is 1.19 bits per heavy atom. The van der Waals surface area contributed by atoms with Crippen LogP contribution in [0.25, 0.3) is 10.6 Å². The molecule has 1 amide bonds. The minimum atomic E-state index is -0.0345. The number of carbonyl (C=O) groups excluding carboxylic acids is 1. The largest absolute Gasteiger partial charge is 0.493 e. The van der Waals surface area contributed by atoms with Crippen molar-refractivity contribution in [1.82, 2.24) is 15.2 Å². The van der Waals surface area contributed by atoms with Gasteiger partial charge in [0.2, 0.25) is 0 Å². The van der Waals surface area contributed by atoms with Gasteiger partial charge in [0.25, 0.3) is 5.91 Å². The van der Waals surface area contributed by atoms with Crippen LogP contribution in [-0.2, 0) is 6.54 Å². The molecule has 170 valence electrons. The zero-order chi connectivity index (χ0) is 22.5. The first-order valence-corrected chi connectivity index (χ1v) is 12.5. The van der Waals surface area contributed by atoms with E-state index in [1.807, 2.05) is 36.5 Å². The molecule has 32 heavy (non-hydrogen) atoms. The van der Waals surface area contributed by atoms with Crippen molar-refractivity contribution in [2.24, 2.45) is 5.92 Å². The molecule has 3 heterocycles. The Labute approximate surface area is 197 Å². The number of nitrogens with one attached hydrogen (secondary N) is 1. The summed E-state index contributed by atoms with van der Waals surface area (Å²) < 4.78 is 10.7. The number of nitrogens with zero attached hydrogens (tertiary/aromatic N) is 2. The van der Waals surface area contributed by atoms with E-state index in [-0.39, 0.29) is 5.91 Å². The summed E-state index contributed by atoms with van der Waals surface area (Å²) in [6.45, 7) is 5.81. The molecular weight excluding hydrogens is 442 g/mol. The Balaban J connectivity index is 1.32. The molecule has 1 saturated heterocycles. The number of rotatable bonds is 8. The Morgan fingerprint density at radius 2 is 1.97 bits per heavy atom. The van der Waals surface area contributed by atoms with Gasteiger partial charge >= 0.3 is 0 Å². The minimum Gasteiger partial charge on any atom is -0.493 e. The Morgan fingerprint density at radius 3 is 2.66 bits per heavy atom. The van der Waals surface area contributed by atoms with Crippen LogP contribution in [0, 0.1) is 12.8 Å². The number of hydrogen-bond acceptors (Lipinski definition) is 7. The quantitative estimate of drug-likeness (QED) is 0.509. The maximum absolute atomic E-state index is 12.9.